The highest BCUT2D eigenvalue weighted by molar-refractivity contribution is 7.98. The van der Waals surface area contributed by atoms with Gasteiger partial charge in [0.05, 0.1) is 12.0 Å². The Morgan fingerprint density at radius 2 is 2.10 bits per heavy atom. The molecule has 2 nitrogen and oxygen atoms in total. The van der Waals surface area contributed by atoms with Gasteiger partial charge in [-0.1, -0.05) is 30.7 Å². The minimum atomic E-state index is 0.408. The maximum absolute atomic E-state index is 5.40. The lowest BCUT2D eigenvalue weighted by atomic mass is 10.00. The molecule has 0 bridgehead atoms. The van der Waals surface area contributed by atoms with Gasteiger partial charge >= 0.3 is 0 Å². The molecule has 1 aromatic heterocycles. The number of nitrogens with one attached hydrogen (secondary N) is 1. The van der Waals surface area contributed by atoms with E-state index < -0.39 is 0 Å². The molecule has 0 amide bonds. The van der Waals surface area contributed by atoms with Gasteiger partial charge in [0.1, 0.15) is 5.76 Å². The number of rotatable bonds is 8. The average Bonchev–Trinajstić information content (AvgIpc) is 2.96. The van der Waals surface area contributed by atoms with Crippen LogP contribution in [0.1, 0.15) is 41.8 Å². The molecule has 0 saturated heterocycles. The van der Waals surface area contributed by atoms with E-state index in [1.807, 2.05) is 23.9 Å². The van der Waals surface area contributed by atoms with Crippen LogP contribution in [0.15, 0.2) is 41.0 Å². The Morgan fingerprint density at radius 3 is 2.76 bits per heavy atom. The molecule has 3 heteroatoms. The van der Waals surface area contributed by atoms with Crippen LogP contribution in [-0.2, 0) is 5.75 Å². The highest BCUT2D eigenvalue weighted by atomic mass is 32.2. The first-order chi connectivity index (χ1) is 10.2. The Kier molecular flexibility index (Phi) is 6.40. The zero-order valence-corrected chi connectivity index (χ0v) is 14.0. The maximum Gasteiger partial charge on any atom is 0.113 e. The molecule has 1 unspecified atom stereocenters. The fourth-order valence-electron chi connectivity index (χ4n) is 2.47. The number of thioether (sulfide) groups is 1. The zero-order valence-electron chi connectivity index (χ0n) is 13.2. The number of furan rings is 1. The molecule has 0 saturated carbocycles. The van der Waals surface area contributed by atoms with Crippen LogP contribution in [0.5, 0.6) is 0 Å². The van der Waals surface area contributed by atoms with Gasteiger partial charge < -0.3 is 9.73 Å². The first-order valence-corrected chi connectivity index (χ1v) is 8.77. The molecule has 114 valence electrons. The first kappa shape index (κ1) is 16.2. The smallest absolute Gasteiger partial charge is 0.113 e. The van der Waals surface area contributed by atoms with Crippen LogP contribution in [-0.4, -0.2) is 12.3 Å². The van der Waals surface area contributed by atoms with Crippen molar-refractivity contribution in [1.82, 2.24) is 5.32 Å². The van der Waals surface area contributed by atoms with Crippen LogP contribution < -0.4 is 5.32 Å². The van der Waals surface area contributed by atoms with Crippen LogP contribution in [0.2, 0.25) is 0 Å². The standard InChI is InChI=1S/C18H25NOS/c1-4-9-19-18(13-21-12-16-6-5-10-20-16)17-8-7-14(2)11-15(17)3/h5-8,10-11,18-19H,4,9,12-13H2,1-3H3. The van der Waals surface area contributed by atoms with Crippen molar-refractivity contribution in [3.05, 3.63) is 59.0 Å². The predicted molar refractivity (Wildman–Crippen MR) is 91.8 cm³/mol. The number of hydrogen-bond acceptors (Lipinski definition) is 3. The van der Waals surface area contributed by atoms with E-state index in [4.69, 9.17) is 4.42 Å². The van der Waals surface area contributed by atoms with Gasteiger partial charge in [-0.15, -0.1) is 0 Å². The molecule has 0 radical (unpaired) electrons. The lowest BCUT2D eigenvalue weighted by Crippen LogP contribution is -2.25. The topological polar surface area (TPSA) is 25.2 Å². The monoisotopic (exact) mass is 303 g/mol. The van der Waals surface area contributed by atoms with Gasteiger partial charge in [-0.05, 0) is 50.1 Å². The van der Waals surface area contributed by atoms with E-state index in [2.05, 4.69) is 44.3 Å². The largest absolute Gasteiger partial charge is 0.468 e. The summed E-state index contributed by atoms with van der Waals surface area (Å²) in [6, 6.07) is 11.1. The van der Waals surface area contributed by atoms with E-state index >= 15 is 0 Å². The predicted octanol–water partition coefficient (Wildman–Crippen LogP) is 4.87. The molecule has 1 atom stereocenters. The third-order valence-electron chi connectivity index (χ3n) is 3.55. The summed E-state index contributed by atoms with van der Waals surface area (Å²) in [6.07, 6.45) is 2.90. The minimum absolute atomic E-state index is 0.408. The van der Waals surface area contributed by atoms with Crippen LogP contribution >= 0.6 is 11.8 Å². The van der Waals surface area contributed by atoms with Crippen molar-refractivity contribution < 1.29 is 4.42 Å². The maximum atomic E-state index is 5.40. The van der Waals surface area contributed by atoms with Crippen molar-refractivity contribution in [2.24, 2.45) is 0 Å². The summed E-state index contributed by atoms with van der Waals surface area (Å²) in [7, 11) is 0. The van der Waals surface area contributed by atoms with Gasteiger partial charge in [-0.3, -0.25) is 0 Å². The molecular weight excluding hydrogens is 278 g/mol. The third kappa shape index (κ3) is 4.94. The number of aryl methyl sites for hydroxylation is 2. The molecule has 2 rings (SSSR count). The second-order valence-corrected chi connectivity index (χ2v) is 6.49. The van der Waals surface area contributed by atoms with E-state index in [1.165, 1.54) is 16.7 Å². The highest BCUT2D eigenvalue weighted by Gasteiger charge is 2.13. The molecule has 2 aromatic rings. The van der Waals surface area contributed by atoms with Crippen LogP contribution in [0.4, 0.5) is 0 Å². The molecule has 21 heavy (non-hydrogen) atoms. The summed E-state index contributed by atoms with van der Waals surface area (Å²) >= 11 is 1.92. The van der Waals surface area contributed by atoms with E-state index in [9.17, 15) is 0 Å². The van der Waals surface area contributed by atoms with Crippen molar-refractivity contribution in [1.29, 1.82) is 0 Å². The number of hydrogen-bond donors (Lipinski definition) is 1. The molecular formula is C18H25NOS. The van der Waals surface area contributed by atoms with Gasteiger partial charge in [0.15, 0.2) is 0 Å². The quantitative estimate of drug-likeness (QED) is 0.753. The summed E-state index contributed by atoms with van der Waals surface area (Å²) in [4.78, 5) is 0. The Hall–Kier alpha value is -1.19. The van der Waals surface area contributed by atoms with Gasteiger partial charge in [-0.25, -0.2) is 0 Å². The van der Waals surface area contributed by atoms with E-state index in [-0.39, 0.29) is 0 Å². The zero-order chi connectivity index (χ0) is 15.1. The van der Waals surface area contributed by atoms with Gasteiger partial charge in [0, 0.05) is 11.8 Å². The molecule has 1 aromatic carbocycles. The van der Waals surface area contributed by atoms with Crippen molar-refractivity contribution in [3.8, 4) is 0 Å². The van der Waals surface area contributed by atoms with Crippen molar-refractivity contribution in [2.75, 3.05) is 12.3 Å². The van der Waals surface area contributed by atoms with E-state index in [0.29, 0.717) is 6.04 Å². The fourth-order valence-corrected chi connectivity index (χ4v) is 3.48. The second kappa shape index (κ2) is 8.30. The number of benzene rings is 1. The summed E-state index contributed by atoms with van der Waals surface area (Å²) in [5.74, 6) is 3.04. The lowest BCUT2D eigenvalue weighted by molar-refractivity contribution is 0.529. The summed E-state index contributed by atoms with van der Waals surface area (Å²) in [5.41, 5.74) is 4.12. The van der Waals surface area contributed by atoms with Crippen molar-refractivity contribution in [2.45, 2.75) is 39.0 Å². The normalized spacial score (nSPS) is 12.5. The Labute approximate surface area is 132 Å². The fraction of sp³-hybridized carbons (Fsp3) is 0.444. The van der Waals surface area contributed by atoms with Crippen molar-refractivity contribution >= 4 is 11.8 Å². The third-order valence-corrected chi connectivity index (χ3v) is 4.61. The van der Waals surface area contributed by atoms with Gasteiger partial charge in [-0.2, -0.15) is 11.8 Å². The van der Waals surface area contributed by atoms with E-state index in [0.717, 1.165) is 30.2 Å². The second-order valence-electron chi connectivity index (χ2n) is 5.46. The summed E-state index contributed by atoms with van der Waals surface area (Å²) < 4.78 is 5.40. The van der Waals surface area contributed by atoms with Gasteiger partial charge in [0.2, 0.25) is 0 Å². The van der Waals surface area contributed by atoms with Crippen LogP contribution in [0.3, 0.4) is 0 Å². The Morgan fingerprint density at radius 1 is 1.24 bits per heavy atom. The summed E-state index contributed by atoms with van der Waals surface area (Å²) in [5, 5.41) is 3.67. The highest BCUT2D eigenvalue weighted by Crippen LogP contribution is 2.24. The molecule has 0 aliphatic carbocycles. The molecule has 0 fully saturated rings. The molecule has 1 heterocycles. The molecule has 1 N–H and O–H groups in total. The first-order valence-electron chi connectivity index (χ1n) is 7.61. The molecule has 0 aliphatic heterocycles. The van der Waals surface area contributed by atoms with Crippen molar-refractivity contribution in [3.63, 3.8) is 0 Å². The Balaban J connectivity index is 1.99. The van der Waals surface area contributed by atoms with Crippen LogP contribution in [0.25, 0.3) is 0 Å². The lowest BCUT2D eigenvalue weighted by Gasteiger charge is -2.21. The van der Waals surface area contributed by atoms with Gasteiger partial charge in [0.25, 0.3) is 0 Å². The SMILES string of the molecule is CCCNC(CSCc1ccco1)c1ccc(C)cc1C. The average molecular weight is 303 g/mol. The minimum Gasteiger partial charge on any atom is -0.468 e. The Bertz CT molecular complexity index is 536. The summed E-state index contributed by atoms with van der Waals surface area (Å²) in [6.45, 7) is 7.62. The molecule has 0 aliphatic rings. The molecule has 0 spiro atoms. The van der Waals surface area contributed by atoms with E-state index in [1.54, 1.807) is 6.26 Å². The van der Waals surface area contributed by atoms with Crippen LogP contribution in [0, 0.1) is 13.8 Å².